The fourth-order valence-electron chi connectivity index (χ4n) is 3.13. The number of aromatic nitrogens is 1. The molecule has 8 nitrogen and oxygen atoms in total. The Morgan fingerprint density at radius 3 is 2.68 bits per heavy atom. The van der Waals surface area contributed by atoms with E-state index in [1.54, 1.807) is 12.3 Å². The molecule has 11 heteroatoms. The van der Waals surface area contributed by atoms with Crippen LogP contribution in [0.4, 0.5) is 29.5 Å². The van der Waals surface area contributed by atoms with Crippen LogP contribution in [0.2, 0.25) is 0 Å². The number of amides is 3. The van der Waals surface area contributed by atoms with Crippen LogP contribution in [0.15, 0.2) is 36.5 Å². The average molecular weight is 438 g/mol. The molecule has 1 aliphatic heterocycles. The third-order valence-corrected chi connectivity index (χ3v) is 4.50. The molecule has 3 rings (SSSR count). The summed E-state index contributed by atoms with van der Waals surface area (Å²) in [5, 5.41) is 5.49. The number of rotatable bonds is 6. The maximum absolute atomic E-state index is 13.0. The maximum Gasteiger partial charge on any atom is 0.573 e. The summed E-state index contributed by atoms with van der Waals surface area (Å²) in [6.45, 7) is 1.88. The first-order valence-electron chi connectivity index (χ1n) is 9.35. The number of methoxy groups -OCH3 is 1. The second-order valence-electron chi connectivity index (χ2n) is 6.92. The van der Waals surface area contributed by atoms with Gasteiger partial charge in [-0.05, 0) is 42.7 Å². The highest BCUT2D eigenvalue weighted by molar-refractivity contribution is 6.08. The van der Waals surface area contributed by atoms with Crippen LogP contribution >= 0.6 is 0 Å². The molecule has 1 unspecified atom stereocenters. The lowest BCUT2D eigenvalue weighted by Crippen LogP contribution is -2.48. The van der Waals surface area contributed by atoms with E-state index in [4.69, 9.17) is 4.74 Å². The minimum absolute atomic E-state index is 0.218. The van der Waals surface area contributed by atoms with Crippen molar-refractivity contribution in [1.82, 2.24) is 10.3 Å². The second kappa shape index (κ2) is 9.21. The lowest BCUT2D eigenvalue weighted by molar-refractivity contribution is -0.274. The van der Waals surface area contributed by atoms with Crippen LogP contribution in [0.1, 0.15) is 23.6 Å². The van der Waals surface area contributed by atoms with Gasteiger partial charge < -0.3 is 20.1 Å². The van der Waals surface area contributed by atoms with Crippen LogP contribution in [0.5, 0.6) is 5.75 Å². The van der Waals surface area contributed by atoms with Gasteiger partial charge >= 0.3 is 12.4 Å². The average Bonchev–Trinajstić information content (AvgIpc) is 2.69. The van der Waals surface area contributed by atoms with Gasteiger partial charge in [-0.1, -0.05) is 12.1 Å². The monoisotopic (exact) mass is 438 g/mol. The van der Waals surface area contributed by atoms with Crippen molar-refractivity contribution >= 4 is 23.4 Å². The van der Waals surface area contributed by atoms with Crippen molar-refractivity contribution in [2.24, 2.45) is 0 Å². The Hall–Kier alpha value is -3.34. The molecule has 1 aliphatic rings. The molecule has 0 saturated heterocycles. The Labute approximate surface area is 176 Å². The zero-order valence-corrected chi connectivity index (χ0v) is 16.8. The standard InChI is InChI=1S/C20H21F3N4O4/c1-12-9-16-18(24-10-12)27(11-17(28)25-16)19(29)26-15(7-8-30-2)13-3-5-14(6-4-13)31-20(21,22)23/h3-6,9-10,15H,7-8,11H2,1-2H3,(H,25,28)(H,26,29). The summed E-state index contributed by atoms with van der Waals surface area (Å²) >= 11 is 0. The van der Waals surface area contributed by atoms with Crippen molar-refractivity contribution in [2.75, 3.05) is 30.5 Å². The van der Waals surface area contributed by atoms with Gasteiger partial charge in [0.2, 0.25) is 5.91 Å². The predicted molar refractivity (Wildman–Crippen MR) is 106 cm³/mol. The van der Waals surface area contributed by atoms with E-state index in [1.807, 2.05) is 6.92 Å². The van der Waals surface area contributed by atoms with E-state index < -0.39 is 18.4 Å². The Morgan fingerprint density at radius 1 is 1.32 bits per heavy atom. The highest BCUT2D eigenvalue weighted by atomic mass is 19.4. The number of halogens is 3. The lowest BCUT2D eigenvalue weighted by atomic mass is 10.0. The van der Waals surface area contributed by atoms with E-state index in [0.29, 0.717) is 30.1 Å². The number of nitrogens with zero attached hydrogens (tertiary/aromatic N) is 2. The highest BCUT2D eigenvalue weighted by Crippen LogP contribution is 2.29. The predicted octanol–water partition coefficient (Wildman–Crippen LogP) is 3.53. The first-order chi connectivity index (χ1) is 14.7. The maximum atomic E-state index is 13.0. The van der Waals surface area contributed by atoms with Gasteiger partial charge in [0.25, 0.3) is 0 Å². The smallest absolute Gasteiger partial charge is 0.406 e. The van der Waals surface area contributed by atoms with Crippen molar-refractivity contribution < 1.29 is 32.2 Å². The molecule has 0 saturated carbocycles. The van der Waals surface area contributed by atoms with Crippen LogP contribution in [0.3, 0.4) is 0 Å². The van der Waals surface area contributed by atoms with E-state index >= 15 is 0 Å². The summed E-state index contributed by atoms with van der Waals surface area (Å²) in [5.41, 5.74) is 1.80. The molecule has 2 aromatic rings. The van der Waals surface area contributed by atoms with Gasteiger partial charge in [0.05, 0.1) is 11.7 Å². The van der Waals surface area contributed by atoms with Crippen LogP contribution in [-0.2, 0) is 9.53 Å². The van der Waals surface area contributed by atoms with Crippen molar-refractivity contribution in [1.29, 1.82) is 0 Å². The number of hydrogen-bond acceptors (Lipinski definition) is 5. The Morgan fingerprint density at radius 2 is 2.03 bits per heavy atom. The molecule has 2 heterocycles. The van der Waals surface area contributed by atoms with Gasteiger partial charge in [0, 0.05) is 19.9 Å². The number of carbonyl (C=O) groups excluding carboxylic acids is 2. The number of benzene rings is 1. The van der Waals surface area contributed by atoms with Crippen LogP contribution < -0.4 is 20.3 Å². The number of ether oxygens (including phenoxy) is 2. The van der Waals surface area contributed by atoms with Gasteiger partial charge in [-0.2, -0.15) is 0 Å². The molecule has 3 amide bonds. The molecule has 166 valence electrons. The topological polar surface area (TPSA) is 92.8 Å². The van der Waals surface area contributed by atoms with Crippen LogP contribution in [-0.4, -0.2) is 43.5 Å². The van der Waals surface area contributed by atoms with Gasteiger partial charge in [0.1, 0.15) is 12.3 Å². The third-order valence-electron chi connectivity index (χ3n) is 4.50. The quantitative estimate of drug-likeness (QED) is 0.720. The minimum Gasteiger partial charge on any atom is -0.406 e. The van der Waals surface area contributed by atoms with Crippen molar-refractivity contribution in [3.8, 4) is 5.75 Å². The SMILES string of the molecule is COCCC(NC(=O)N1CC(=O)Nc2cc(C)cnc21)c1ccc(OC(F)(F)F)cc1. The minimum atomic E-state index is -4.79. The molecular weight excluding hydrogens is 417 g/mol. The van der Waals surface area contributed by atoms with Crippen molar-refractivity contribution in [2.45, 2.75) is 25.7 Å². The number of urea groups is 1. The van der Waals surface area contributed by atoms with E-state index in [1.165, 1.54) is 36.3 Å². The summed E-state index contributed by atoms with van der Waals surface area (Å²) in [7, 11) is 1.50. The molecule has 0 aliphatic carbocycles. The molecule has 1 atom stereocenters. The number of hydrogen-bond donors (Lipinski definition) is 2. The van der Waals surface area contributed by atoms with Gasteiger partial charge in [-0.25, -0.2) is 9.78 Å². The van der Waals surface area contributed by atoms with Crippen LogP contribution in [0, 0.1) is 6.92 Å². The first-order valence-corrected chi connectivity index (χ1v) is 9.35. The normalized spacial score (nSPS) is 14.5. The number of fused-ring (bicyclic) bond motifs is 1. The number of carbonyl (C=O) groups is 2. The van der Waals surface area contributed by atoms with E-state index in [9.17, 15) is 22.8 Å². The van der Waals surface area contributed by atoms with Gasteiger partial charge in [0.15, 0.2) is 5.82 Å². The lowest BCUT2D eigenvalue weighted by Gasteiger charge is -2.30. The van der Waals surface area contributed by atoms with Gasteiger partial charge in [-0.3, -0.25) is 9.69 Å². The number of nitrogens with one attached hydrogen (secondary N) is 2. The van der Waals surface area contributed by atoms with E-state index in [0.717, 1.165) is 5.56 Å². The number of alkyl halides is 3. The number of pyridine rings is 1. The zero-order valence-electron chi connectivity index (χ0n) is 16.8. The van der Waals surface area contributed by atoms with E-state index in [-0.39, 0.29) is 18.2 Å². The Balaban J connectivity index is 1.80. The van der Waals surface area contributed by atoms with Crippen LogP contribution in [0.25, 0.3) is 0 Å². The highest BCUT2D eigenvalue weighted by Gasteiger charge is 2.32. The number of aryl methyl sites for hydroxylation is 1. The third kappa shape index (κ3) is 5.85. The molecule has 0 radical (unpaired) electrons. The molecule has 0 spiro atoms. The zero-order chi connectivity index (χ0) is 22.6. The summed E-state index contributed by atoms with van der Waals surface area (Å²) in [6, 6.07) is 5.77. The molecule has 1 aromatic heterocycles. The largest absolute Gasteiger partial charge is 0.573 e. The second-order valence-corrected chi connectivity index (χ2v) is 6.92. The molecule has 0 bridgehead atoms. The fraction of sp³-hybridized carbons (Fsp3) is 0.350. The molecule has 0 fully saturated rings. The van der Waals surface area contributed by atoms with Crippen molar-refractivity contribution in [3.63, 3.8) is 0 Å². The first kappa shape index (κ1) is 22.3. The molecular formula is C20H21F3N4O4. The Bertz CT molecular complexity index is 950. The Kier molecular flexibility index (Phi) is 6.64. The van der Waals surface area contributed by atoms with E-state index in [2.05, 4.69) is 20.4 Å². The fourth-order valence-corrected chi connectivity index (χ4v) is 3.13. The van der Waals surface area contributed by atoms with Gasteiger partial charge in [-0.15, -0.1) is 13.2 Å². The summed E-state index contributed by atoms with van der Waals surface area (Å²) in [4.78, 5) is 30.5. The molecule has 2 N–H and O–H groups in total. The van der Waals surface area contributed by atoms with Crippen molar-refractivity contribution in [3.05, 3.63) is 47.7 Å². The summed E-state index contributed by atoms with van der Waals surface area (Å²) in [5.74, 6) is -0.423. The summed E-state index contributed by atoms with van der Waals surface area (Å²) in [6.07, 6.45) is -2.85. The number of anilines is 2. The summed E-state index contributed by atoms with van der Waals surface area (Å²) < 4.78 is 46.1. The molecule has 1 aromatic carbocycles. The molecule has 31 heavy (non-hydrogen) atoms.